The average Bonchev–Trinajstić information content (AvgIpc) is 2.87. The van der Waals surface area contributed by atoms with Crippen LogP contribution in [0.5, 0.6) is 0 Å². The highest BCUT2D eigenvalue weighted by molar-refractivity contribution is 8.00. The molecule has 124 valence electrons. The second-order valence-electron chi connectivity index (χ2n) is 4.82. The Balaban J connectivity index is 1.76. The fraction of sp³-hybridized carbons (Fsp3) is 0.462. The molecule has 10 heteroatoms. The van der Waals surface area contributed by atoms with Gasteiger partial charge in [-0.15, -0.1) is 10.2 Å². The maximum atomic E-state index is 12.1. The molecule has 0 aliphatic carbocycles. The number of aromatic amines is 1. The Kier molecular flexibility index (Phi) is 6.22. The van der Waals surface area contributed by atoms with Crippen molar-refractivity contribution in [3.8, 4) is 0 Å². The quantitative estimate of drug-likeness (QED) is 0.426. The Morgan fingerprint density at radius 1 is 1.52 bits per heavy atom. The van der Waals surface area contributed by atoms with E-state index in [1.54, 1.807) is 20.2 Å². The van der Waals surface area contributed by atoms with Crippen molar-refractivity contribution >= 4 is 29.4 Å². The van der Waals surface area contributed by atoms with Crippen LogP contribution >= 0.6 is 23.5 Å². The number of nitrogens with one attached hydrogen (secondary N) is 2. The van der Waals surface area contributed by atoms with Gasteiger partial charge in [0.2, 0.25) is 5.91 Å². The van der Waals surface area contributed by atoms with Crippen LogP contribution in [0.25, 0.3) is 0 Å². The number of carbonyl (C=O) groups is 1. The van der Waals surface area contributed by atoms with Gasteiger partial charge in [-0.2, -0.15) is 0 Å². The number of rotatable bonds is 7. The Morgan fingerprint density at radius 3 is 2.96 bits per heavy atom. The number of amides is 1. The molecule has 0 fully saturated rings. The summed E-state index contributed by atoms with van der Waals surface area (Å²) in [5, 5.41) is 11.5. The van der Waals surface area contributed by atoms with E-state index in [-0.39, 0.29) is 16.7 Å². The molecule has 8 nitrogen and oxygen atoms in total. The molecule has 2 N–H and O–H groups in total. The first-order chi connectivity index (χ1) is 11.0. The zero-order valence-electron chi connectivity index (χ0n) is 13.1. The first-order valence-electron chi connectivity index (χ1n) is 6.95. The Morgan fingerprint density at radius 2 is 2.30 bits per heavy atom. The summed E-state index contributed by atoms with van der Waals surface area (Å²) in [6.45, 7) is 4.05. The molecular weight excluding hydrogens is 336 g/mol. The van der Waals surface area contributed by atoms with E-state index < -0.39 is 0 Å². The monoisotopic (exact) mass is 354 g/mol. The average molecular weight is 354 g/mol. The zero-order valence-corrected chi connectivity index (χ0v) is 14.7. The molecule has 0 bridgehead atoms. The van der Waals surface area contributed by atoms with Crippen LogP contribution in [0, 0.1) is 6.92 Å². The Hall–Kier alpha value is -1.81. The molecule has 0 aromatic carbocycles. The van der Waals surface area contributed by atoms with Gasteiger partial charge in [-0.25, -0.2) is 4.98 Å². The van der Waals surface area contributed by atoms with Crippen LogP contribution in [0.1, 0.15) is 12.6 Å². The lowest BCUT2D eigenvalue weighted by Gasteiger charge is -2.11. The molecule has 0 unspecified atom stereocenters. The van der Waals surface area contributed by atoms with Crippen molar-refractivity contribution in [2.75, 3.05) is 12.3 Å². The van der Waals surface area contributed by atoms with Gasteiger partial charge in [-0.1, -0.05) is 23.5 Å². The summed E-state index contributed by atoms with van der Waals surface area (Å²) in [6.07, 6.45) is 1.63. The predicted molar refractivity (Wildman–Crippen MR) is 89.7 cm³/mol. The van der Waals surface area contributed by atoms with Gasteiger partial charge >= 0.3 is 0 Å². The number of thioether (sulfide) groups is 2. The molecular formula is C13H18N6O2S2. The highest BCUT2D eigenvalue weighted by Gasteiger charge is 2.15. The number of hydrogen-bond acceptors (Lipinski definition) is 7. The van der Waals surface area contributed by atoms with E-state index >= 15 is 0 Å². The molecule has 0 radical (unpaired) electrons. The fourth-order valence-corrected chi connectivity index (χ4v) is 3.32. The predicted octanol–water partition coefficient (Wildman–Crippen LogP) is 0.596. The maximum absolute atomic E-state index is 12.1. The summed E-state index contributed by atoms with van der Waals surface area (Å²) in [7, 11) is 1.87. The number of H-pyrrole nitrogens is 1. The molecule has 0 aliphatic rings. The van der Waals surface area contributed by atoms with Crippen molar-refractivity contribution in [3.05, 3.63) is 28.4 Å². The van der Waals surface area contributed by atoms with Crippen LogP contribution in [-0.2, 0) is 11.8 Å². The van der Waals surface area contributed by atoms with Gasteiger partial charge in [0.15, 0.2) is 10.3 Å². The molecule has 1 amide bonds. The first-order valence-corrected chi connectivity index (χ1v) is 8.81. The molecule has 2 heterocycles. The third-order valence-corrected chi connectivity index (χ3v) is 4.83. The van der Waals surface area contributed by atoms with Gasteiger partial charge in [0.05, 0.1) is 5.25 Å². The first kappa shape index (κ1) is 17.5. The van der Waals surface area contributed by atoms with E-state index in [1.165, 1.54) is 29.6 Å². The second kappa shape index (κ2) is 8.16. The molecule has 23 heavy (non-hydrogen) atoms. The summed E-state index contributed by atoms with van der Waals surface area (Å²) >= 11 is 2.75. The molecule has 0 saturated carbocycles. The molecule has 2 aromatic rings. The van der Waals surface area contributed by atoms with Crippen LogP contribution in [0.15, 0.2) is 27.5 Å². The van der Waals surface area contributed by atoms with E-state index in [2.05, 4.69) is 25.5 Å². The van der Waals surface area contributed by atoms with Gasteiger partial charge in [0, 0.05) is 31.1 Å². The lowest BCUT2D eigenvalue weighted by Crippen LogP contribution is -2.32. The topological polar surface area (TPSA) is 106 Å². The van der Waals surface area contributed by atoms with Crippen LogP contribution in [0.4, 0.5) is 0 Å². The third-order valence-electron chi connectivity index (χ3n) is 2.81. The van der Waals surface area contributed by atoms with Gasteiger partial charge in [0.25, 0.3) is 5.56 Å². The van der Waals surface area contributed by atoms with Crippen molar-refractivity contribution in [1.82, 2.24) is 30.0 Å². The zero-order chi connectivity index (χ0) is 16.8. The molecule has 0 spiro atoms. The van der Waals surface area contributed by atoms with Gasteiger partial charge in [-0.3, -0.25) is 9.59 Å². The standard InChI is InChI=1S/C13H18N6O2S2/c1-8-6-10(20)17-12(16-8)23-9(2)11(21)14-4-5-22-13-18-15-7-19(13)3/h6-7,9H,4-5H2,1-3H3,(H,14,21)(H,16,17,20)/t9-/m0/s1. The molecule has 2 aromatic heterocycles. The third kappa shape index (κ3) is 5.39. The van der Waals surface area contributed by atoms with E-state index in [9.17, 15) is 9.59 Å². The summed E-state index contributed by atoms with van der Waals surface area (Å²) in [5.74, 6) is 0.604. The number of nitrogens with zero attached hydrogens (tertiary/aromatic N) is 4. The summed E-state index contributed by atoms with van der Waals surface area (Å²) < 4.78 is 1.82. The van der Waals surface area contributed by atoms with Crippen molar-refractivity contribution in [2.45, 2.75) is 29.4 Å². The van der Waals surface area contributed by atoms with Crippen LogP contribution in [0.2, 0.25) is 0 Å². The summed E-state index contributed by atoms with van der Waals surface area (Å²) in [6, 6.07) is 1.42. The van der Waals surface area contributed by atoms with E-state index in [1.807, 2.05) is 11.6 Å². The maximum Gasteiger partial charge on any atom is 0.251 e. The van der Waals surface area contributed by atoms with Crippen LogP contribution in [-0.4, -0.2) is 48.2 Å². The Labute approximate surface area is 141 Å². The SMILES string of the molecule is Cc1cc(=O)[nH]c(S[C@@H](C)C(=O)NCCSc2nncn2C)n1. The molecule has 1 atom stereocenters. The highest BCUT2D eigenvalue weighted by atomic mass is 32.2. The van der Waals surface area contributed by atoms with E-state index in [0.29, 0.717) is 23.1 Å². The largest absolute Gasteiger partial charge is 0.354 e. The van der Waals surface area contributed by atoms with Gasteiger partial charge in [0.1, 0.15) is 6.33 Å². The molecule has 0 aliphatic heterocycles. The minimum absolute atomic E-state index is 0.0993. The normalized spacial score (nSPS) is 12.1. The van der Waals surface area contributed by atoms with Gasteiger partial charge in [-0.05, 0) is 13.8 Å². The summed E-state index contributed by atoms with van der Waals surface area (Å²) in [4.78, 5) is 30.3. The molecule has 2 rings (SSSR count). The smallest absolute Gasteiger partial charge is 0.251 e. The number of aryl methyl sites for hydroxylation is 2. The molecule has 0 saturated heterocycles. The van der Waals surface area contributed by atoms with Crippen molar-refractivity contribution in [2.24, 2.45) is 7.05 Å². The van der Waals surface area contributed by atoms with E-state index in [0.717, 1.165) is 5.16 Å². The van der Waals surface area contributed by atoms with Crippen molar-refractivity contribution < 1.29 is 4.79 Å². The van der Waals surface area contributed by atoms with Crippen molar-refractivity contribution in [3.63, 3.8) is 0 Å². The fourth-order valence-electron chi connectivity index (χ4n) is 1.69. The summed E-state index contributed by atoms with van der Waals surface area (Å²) in [5.41, 5.74) is 0.414. The second-order valence-corrected chi connectivity index (χ2v) is 7.21. The minimum atomic E-state index is -0.347. The van der Waals surface area contributed by atoms with E-state index in [4.69, 9.17) is 0 Å². The number of carbonyl (C=O) groups excluding carboxylic acids is 1. The van der Waals surface area contributed by atoms with Crippen LogP contribution in [0.3, 0.4) is 0 Å². The highest BCUT2D eigenvalue weighted by Crippen LogP contribution is 2.18. The van der Waals surface area contributed by atoms with Gasteiger partial charge < -0.3 is 14.9 Å². The lowest BCUT2D eigenvalue weighted by molar-refractivity contribution is -0.120. The lowest BCUT2D eigenvalue weighted by atomic mass is 10.4. The van der Waals surface area contributed by atoms with Crippen LogP contribution < -0.4 is 10.9 Å². The van der Waals surface area contributed by atoms with Crippen molar-refractivity contribution in [1.29, 1.82) is 0 Å². The number of hydrogen-bond donors (Lipinski definition) is 2. The minimum Gasteiger partial charge on any atom is -0.354 e. The Bertz CT molecular complexity index is 729. The number of aromatic nitrogens is 5.